The van der Waals surface area contributed by atoms with Gasteiger partial charge in [0, 0.05) is 31.5 Å². The van der Waals surface area contributed by atoms with Crippen LogP contribution in [0.2, 0.25) is 0 Å². The third-order valence-electron chi connectivity index (χ3n) is 6.19. The Morgan fingerprint density at radius 3 is 1.50 bits per heavy atom. The van der Waals surface area contributed by atoms with Gasteiger partial charge in [0.05, 0.1) is 30.3 Å². The highest BCUT2D eigenvalue weighted by atomic mass is 16.6. The van der Waals surface area contributed by atoms with Crippen LogP contribution in [0.5, 0.6) is 23.0 Å². The molecule has 2 amide bonds. The van der Waals surface area contributed by atoms with E-state index >= 15 is 0 Å². The number of esters is 4. The van der Waals surface area contributed by atoms with Crippen molar-refractivity contribution >= 4 is 47.3 Å². The smallest absolute Gasteiger partial charge is 0.349 e. The second-order valence-corrected chi connectivity index (χ2v) is 9.66. The lowest BCUT2D eigenvalue weighted by molar-refractivity contribution is -0.384. The first kappa shape index (κ1) is 37.4. The molecule has 0 radical (unpaired) electrons. The van der Waals surface area contributed by atoms with E-state index in [9.17, 15) is 48.8 Å². The van der Waals surface area contributed by atoms with Gasteiger partial charge in [-0.3, -0.25) is 40.1 Å². The number of methoxy groups -OCH3 is 2. The fraction of sp³-hybridized carbons (Fsp3) is 0.194. The van der Waals surface area contributed by atoms with E-state index in [2.05, 4.69) is 0 Å². The van der Waals surface area contributed by atoms with Crippen LogP contribution in [0.1, 0.15) is 44.9 Å². The average Bonchev–Trinajstić information content (AvgIpc) is 3.07. The van der Waals surface area contributed by atoms with Gasteiger partial charge >= 0.3 is 29.8 Å². The summed E-state index contributed by atoms with van der Waals surface area (Å²) in [7, 11) is 2.38. The highest BCUT2D eigenvalue weighted by molar-refractivity contribution is 5.99. The van der Waals surface area contributed by atoms with E-state index in [4.69, 9.17) is 28.4 Å². The van der Waals surface area contributed by atoms with Gasteiger partial charge in [0.15, 0.2) is 23.0 Å². The molecule has 3 N–H and O–H groups in total. The summed E-state index contributed by atoms with van der Waals surface area (Å²) in [5.74, 6) is -9.05. The van der Waals surface area contributed by atoms with Crippen molar-refractivity contribution in [2.45, 2.75) is 26.1 Å². The number of non-ortho nitro benzene ring substituents is 1. The van der Waals surface area contributed by atoms with E-state index < -0.39 is 58.8 Å². The number of nitrogens with one attached hydrogen (secondary N) is 2. The van der Waals surface area contributed by atoms with Crippen LogP contribution in [0.25, 0.3) is 0 Å². The molecule has 2 atom stereocenters. The van der Waals surface area contributed by atoms with Gasteiger partial charge in [0.2, 0.25) is 12.2 Å². The molecule has 0 aliphatic heterocycles. The minimum atomic E-state index is -2.55. The van der Waals surface area contributed by atoms with Crippen molar-refractivity contribution in [1.82, 2.24) is 10.9 Å². The molecule has 0 saturated carbocycles. The third-order valence-corrected chi connectivity index (χ3v) is 6.19. The molecule has 3 aromatic carbocycles. The summed E-state index contributed by atoms with van der Waals surface area (Å²) in [5.41, 5.74) is 2.62. The van der Waals surface area contributed by atoms with Crippen LogP contribution < -0.4 is 29.8 Å². The summed E-state index contributed by atoms with van der Waals surface area (Å²) in [4.78, 5) is 97.5. The topological polar surface area (TPSA) is 262 Å². The Morgan fingerprint density at radius 1 is 0.660 bits per heavy atom. The molecule has 0 spiro atoms. The number of benzene rings is 3. The largest absolute Gasteiger partial charge is 0.493 e. The number of rotatable bonds is 13. The molecular weight excluding hydrogens is 670 g/mol. The number of aliphatic carboxylic acids is 1. The predicted molar refractivity (Wildman–Crippen MR) is 163 cm³/mol. The quantitative estimate of drug-likeness (QED) is 0.0994. The molecule has 0 saturated heterocycles. The molecule has 19 heteroatoms. The van der Waals surface area contributed by atoms with Crippen molar-refractivity contribution in [3.05, 3.63) is 87.5 Å². The molecule has 0 aliphatic rings. The van der Waals surface area contributed by atoms with Gasteiger partial charge < -0.3 is 33.5 Å². The summed E-state index contributed by atoms with van der Waals surface area (Å²) in [6, 6.07) is 10.7. The fourth-order valence-corrected chi connectivity index (χ4v) is 3.92. The molecule has 0 aromatic heterocycles. The zero-order chi connectivity index (χ0) is 37.1. The van der Waals surface area contributed by atoms with Crippen molar-refractivity contribution in [1.29, 1.82) is 0 Å². The number of hydrazine groups is 1. The summed E-state index contributed by atoms with van der Waals surface area (Å²) in [5, 5.41) is 20.9. The fourth-order valence-electron chi connectivity index (χ4n) is 3.92. The van der Waals surface area contributed by atoms with Crippen LogP contribution in [0, 0.1) is 10.1 Å². The van der Waals surface area contributed by atoms with E-state index in [1.807, 2.05) is 10.9 Å². The Bertz CT molecular complexity index is 1840. The lowest BCUT2D eigenvalue weighted by Crippen LogP contribution is -2.54. The molecular formula is C31H27N3O16. The Labute approximate surface area is 281 Å². The number of nitro groups is 1. The SMILES string of the molecule is COc1cc(C(=O)O[C@H](C(=O)NNC(=O)c2ccc([N+](=O)[O-])cc2)[C@@H](OC(=O)c2ccc(OC(C)=O)c(OC)c2)C(=O)O)ccc1OC(C)=O. The minimum Gasteiger partial charge on any atom is -0.493 e. The average molecular weight is 698 g/mol. The summed E-state index contributed by atoms with van der Waals surface area (Å²) in [6.45, 7) is 2.23. The van der Waals surface area contributed by atoms with Gasteiger partial charge in [-0.1, -0.05) is 0 Å². The molecule has 0 aliphatic carbocycles. The van der Waals surface area contributed by atoms with E-state index in [1.54, 1.807) is 0 Å². The maximum absolute atomic E-state index is 13.3. The maximum Gasteiger partial charge on any atom is 0.349 e. The Balaban J connectivity index is 1.94. The van der Waals surface area contributed by atoms with Crippen molar-refractivity contribution in [3.63, 3.8) is 0 Å². The van der Waals surface area contributed by atoms with Crippen LogP contribution in [0.15, 0.2) is 60.7 Å². The molecule has 0 bridgehead atoms. The second-order valence-electron chi connectivity index (χ2n) is 9.66. The van der Waals surface area contributed by atoms with Crippen molar-refractivity contribution in [2.75, 3.05) is 14.2 Å². The molecule has 0 fully saturated rings. The third kappa shape index (κ3) is 9.73. The van der Waals surface area contributed by atoms with E-state index in [0.717, 1.165) is 74.5 Å². The molecule has 262 valence electrons. The van der Waals surface area contributed by atoms with Gasteiger partial charge in [0.25, 0.3) is 17.5 Å². The molecule has 0 heterocycles. The molecule has 3 rings (SSSR count). The molecule has 50 heavy (non-hydrogen) atoms. The Hall–Kier alpha value is -7.05. The maximum atomic E-state index is 13.3. The number of hydrogen-bond acceptors (Lipinski definition) is 15. The van der Waals surface area contributed by atoms with Gasteiger partial charge in [-0.2, -0.15) is 0 Å². The lowest BCUT2D eigenvalue weighted by atomic mass is 10.1. The van der Waals surface area contributed by atoms with Gasteiger partial charge in [-0.15, -0.1) is 0 Å². The highest BCUT2D eigenvalue weighted by Crippen LogP contribution is 2.30. The van der Waals surface area contributed by atoms with E-state index in [1.165, 1.54) is 14.2 Å². The summed E-state index contributed by atoms with van der Waals surface area (Å²) in [6.07, 6.45) is -5.04. The van der Waals surface area contributed by atoms with Crippen LogP contribution in [0.3, 0.4) is 0 Å². The number of carbonyl (C=O) groups is 7. The van der Waals surface area contributed by atoms with E-state index in [-0.39, 0.29) is 45.4 Å². The summed E-state index contributed by atoms with van der Waals surface area (Å²) < 4.78 is 30.4. The van der Waals surface area contributed by atoms with Crippen molar-refractivity contribution in [3.8, 4) is 23.0 Å². The number of hydrogen-bond donors (Lipinski definition) is 3. The van der Waals surface area contributed by atoms with Gasteiger partial charge in [0.1, 0.15) is 0 Å². The number of carboxylic acids is 1. The number of nitrogens with zero attached hydrogens (tertiary/aromatic N) is 1. The highest BCUT2D eigenvalue weighted by Gasteiger charge is 2.41. The number of carboxylic acid groups (broad SMARTS) is 1. The summed E-state index contributed by atoms with van der Waals surface area (Å²) >= 11 is 0. The number of ether oxygens (including phenoxy) is 6. The molecule has 0 unspecified atom stereocenters. The molecule has 3 aromatic rings. The minimum absolute atomic E-state index is 0.0866. The zero-order valence-electron chi connectivity index (χ0n) is 26.4. The Kier molecular flexibility index (Phi) is 12.5. The normalized spacial score (nSPS) is 11.4. The number of nitro benzene ring substituents is 1. The zero-order valence-corrected chi connectivity index (χ0v) is 26.4. The molecule has 19 nitrogen and oxygen atoms in total. The first-order valence-electron chi connectivity index (χ1n) is 13.9. The standard InChI is InChI=1S/C31H27N3O16/c1-15(35)47-21-11-7-18(13-23(21)45-3)30(41)49-25(28(38)33-32-27(37)17-5-9-20(10-6-17)34(43)44)26(29(39)40)50-31(42)19-8-12-22(48-16(2)36)24(14-19)46-4/h5-14,25-26H,1-4H3,(H,32,37)(H,33,38)(H,39,40)/t25-,26+/m0/s1. The first-order chi connectivity index (χ1) is 23.6. The van der Waals surface area contributed by atoms with Gasteiger partial charge in [-0.25, -0.2) is 14.4 Å². The predicted octanol–water partition coefficient (Wildman–Crippen LogP) is 1.76. The van der Waals surface area contributed by atoms with Crippen LogP contribution in [0.4, 0.5) is 5.69 Å². The van der Waals surface area contributed by atoms with Crippen LogP contribution >= 0.6 is 0 Å². The Morgan fingerprint density at radius 2 is 1.10 bits per heavy atom. The lowest BCUT2D eigenvalue weighted by Gasteiger charge is -2.24. The monoisotopic (exact) mass is 697 g/mol. The second kappa shape index (κ2) is 16.7. The van der Waals surface area contributed by atoms with Crippen LogP contribution in [-0.4, -0.2) is 78.1 Å². The first-order valence-corrected chi connectivity index (χ1v) is 13.9. The van der Waals surface area contributed by atoms with Gasteiger partial charge in [-0.05, 0) is 48.5 Å². The van der Waals surface area contributed by atoms with Crippen molar-refractivity contribution in [2.24, 2.45) is 0 Å². The number of carbonyl (C=O) groups excluding carboxylic acids is 6. The van der Waals surface area contributed by atoms with Crippen molar-refractivity contribution < 1.29 is 72.0 Å². The van der Waals surface area contributed by atoms with E-state index in [0.29, 0.717) is 0 Å². The van der Waals surface area contributed by atoms with Crippen LogP contribution in [-0.2, 0) is 28.7 Å². The number of amides is 2.